The van der Waals surface area contributed by atoms with Gasteiger partial charge in [-0.2, -0.15) is 0 Å². The van der Waals surface area contributed by atoms with Crippen molar-refractivity contribution < 1.29 is 4.42 Å². The molecule has 2 aromatic heterocycles. The Hall–Kier alpha value is -5.02. The predicted octanol–water partition coefficient (Wildman–Crippen LogP) is 9.35. The van der Waals surface area contributed by atoms with Crippen LogP contribution in [0.1, 0.15) is 5.69 Å². The normalized spacial score (nSPS) is 11.3. The number of hydrogen-bond acceptors (Lipinski definition) is 3. The van der Waals surface area contributed by atoms with Gasteiger partial charge in [0.15, 0.2) is 5.82 Å². The highest BCUT2D eigenvalue weighted by atomic mass is 16.3. The Balaban J connectivity index is 1.43. The van der Waals surface area contributed by atoms with E-state index in [1.54, 1.807) is 0 Å². The third kappa shape index (κ3) is 3.95. The number of aryl methyl sites for hydroxylation is 1. The average molecular weight is 489 g/mol. The van der Waals surface area contributed by atoms with Gasteiger partial charge in [-0.05, 0) is 65.6 Å². The number of fused-ring (bicyclic) bond motifs is 3. The maximum atomic E-state index is 6.32. The van der Waals surface area contributed by atoms with Crippen LogP contribution in [0.4, 0.5) is 0 Å². The molecule has 7 aromatic rings. The minimum absolute atomic E-state index is 0.697. The van der Waals surface area contributed by atoms with Gasteiger partial charge in [-0.1, -0.05) is 91.0 Å². The van der Waals surface area contributed by atoms with Gasteiger partial charge in [0.1, 0.15) is 11.2 Å². The monoisotopic (exact) mass is 488 g/mol. The maximum absolute atomic E-state index is 6.32. The molecule has 0 atom stereocenters. The standard InChI is InChI=1S/C35H24N2O/c1-23-19-32(31-17-10-16-30-29-15-8-9-18-33(29)38-34(30)31)37-35(36-23)28-21-26(24-11-4-2-5-12-24)20-27(22-28)25-13-6-3-7-14-25/h2-22H,1H3. The van der Waals surface area contributed by atoms with E-state index >= 15 is 0 Å². The van der Waals surface area contributed by atoms with Crippen molar-refractivity contribution in [2.75, 3.05) is 0 Å². The second-order valence-electron chi connectivity index (χ2n) is 9.53. The first-order valence-electron chi connectivity index (χ1n) is 12.8. The molecule has 0 unspecified atom stereocenters. The summed E-state index contributed by atoms with van der Waals surface area (Å²) in [6.07, 6.45) is 0. The molecular weight excluding hydrogens is 464 g/mol. The van der Waals surface area contributed by atoms with Crippen molar-refractivity contribution in [1.29, 1.82) is 0 Å². The third-order valence-corrected chi connectivity index (χ3v) is 6.94. The molecule has 3 nitrogen and oxygen atoms in total. The molecule has 38 heavy (non-hydrogen) atoms. The van der Waals surface area contributed by atoms with E-state index in [4.69, 9.17) is 14.4 Å². The van der Waals surface area contributed by atoms with E-state index in [1.807, 2.05) is 43.3 Å². The van der Waals surface area contributed by atoms with Crippen molar-refractivity contribution in [3.63, 3.8) is 0 Å². The van der Waals surface area contributed by atoms with Crippen molar-refractivity contribution in [1.82, 2.24) is 9.97 Å². The van der Waals surface area contributed by atoms with Crippen LogP contribution in [0.5, 0.6) is 0 Å². The van der Waals surface area contributed by atoms with E-state index in [0.717, 1.165) is 66.7 Å². The number of para-hydroxylation sites is 2. The predicted molar refractivity (Wildman–Crippen MR) is 156 cm³/mol. The fraction of sp³-hybridized carbons (Fsp3) is 0.0286. The zero-order valence-corrected chi connectivity index (χ0v) is 20.9. The molecule has 0 amide bonds. The molecule has 0 saturated heterocycles. The van der Waals surface area contributed by atoms with Crippen molar-refractivity contribution >= 4 is 21.9 Å². The van der Waals surface area contributed by atoms with Crippen LogP contribution >= 0.6 is 0 Å². The highest BCUT2D eigenvalue weighted by molar-refractivity contribution is 6.09. The number of nitrogens with zero attached hydrogens (tertiary/aromatic N) is 2. The Morgan fingerprint density at radius 1 is 0.500 bits per heavy atom. The van der Waals surface area contributed by atoms with Crippen LogP contribution in [0.25, 0.3) is 66.8 Å². The zero-order valence-electron chi connectivity index (χ0n) is 20.9. The second-order valence-corrected chi connectivity index (χ2v) is 9.53. The Morgan fingerprint density at radius 2 is 1.11 bits per heavy atom. The van der Waals surface area contributed by atoms with Gasteiger partial charge in [0.05, 0.1) is 5.69 Å². The molecule has 0 bridgehead atoms. The summed E-state index contributed by atoms with van der Waals surface area (Å²) in [6.45, 7) is 2.02. The van der Waals surface area contributed by atoms with Gasteiger partial charge < -0.3 is 4.42 Å². The average Bonchev–Trinajstić information content (AvgIpc) is 3.36. The van der Waals surface area contributed by atoms with Gasteiger partial charge in [0.25, 0.3) is 0 Å². The molecule has 0 saturated carbocycles. The quantitative estimate of drug-likeness (QED) is 0.248. The molecule has 0 radical (unpaired) electrons. The SMILES string of the molecule is Cc1cc(-c2cccc3c2oc2ccccc23)nc(-c2cc(-c3ccccc3)cc(-c3ccccc3)c2)n1. The van der Waals surface area contributed by atoms with Gasteiger partial charge in [-0.3, -0.25) is 0 Å². The fourth-order valence-electron chi connectivity index (χ4n) is 5.14. The maximum Gasteiger partial charge on any atom is 0.160 e. The summed E-state index contributed by atoms with van der Waals surface area (Å²) in [7, 11) is 0. The van der Waals surface area contributed by atoms with Crippen LogP contribution in [-0.4, -0.2) is 9.97 Å². The molecule has 0 aliphatic carbocycles. The van der Waals surface area contributed by atoms with Crippen molar-refractivity contribution in [2.45, 2.75) is 6.92 Å². The first-order valence-corrected chi connectivity index (χ1v) is 12.8. The summed E-state index contributed by atoms with van der Waals surface area (Å²) < 4.78 is 6.32. The number of hydrogen-bond donors (Lipinski definition) is 0. The van der Waals surface area contributed by atoms with E-state index in [2.05, 4.69) is 91.0 Å². The summed E-state index contributed by atoms with van der Waals surface area (Å²) in [5.74, 6) is 0.697. The highest BCUT2D eigenvalue weighted by Crippen LogP contribution is 2.37. The van der Waals surface area contributed by atoms with Gasteiger partial charge in [-0.25, -0.2) is 9.97 Å². The zero-order chi connectivity index (χ0) is 25.5. The molecule has 7 rings (SSSR count). The van der Waals surface area contributed by atoms with Crippen LogP contribution in [0, 0.1) is 6.92 Å². The second kappa shape index (κ2) is 9.13. The Bertz CT molecular complexity index is 1860. The van der Waals surface area contributed by atoms with Crippen molar-refractivity contribution in [2.24, 2.45) is 0 Å². The Kier molecular flexibility index (Phi) is 5.33. The van der Waals surface area contributed by atoms with E-state index in [1.165, 1.54) is 0 Å². The van der Waals surface area contributed by atoms with E-state index < -0.39 is 0 Å². The van der Waals surface area contributed by atoms with Gasteiger partial charge in [0.2, 0.25) is 0 Å². The van der Waals surface area contributed by atoms with Crippen molar-refractivity contribution in [3.05, 3.63) is 133 Å². The summed E-state index contributed by atoms with van der Waals surface area (Å²) in [5.41, 5.74) is 10.0. The van der Waals surface area contributed by atoms with Crippen LogP contribution in [0.15, 0.2) is 132 Å². The largest absolute Gasteiger partial charge is 0.455 e. The van der Waals surface area contributed by atoms with Crippen LogP contribution < -0.4 is 0 Å². The topological polar surface area (TPSA) is 38.9 Å². The number of benzene rings is 5. The smallest absolute Gasteiger partial charge is 0.160 e. The minimum Gasteiger partial charge on any atom is -0.455 e. The fourth-order valence-corrected chi connectivity index (χ4v) is 5.14. The van der Waals surface area contributed by atoms with Gasteiger partial charge >= 0.3 is 0 Å². The molecule has 0 aliphatic rings. The molecule has 3 heteroatoms. The number of rotatable bonds is 4. The summed E-state index contributed by atoms with van der Waals surface area (Å²) in [6, 6.07) is 43.9. The van der Waals surface area contributed by atoms with Crippen LogP contribution in [-0.2, 0) is 0 Å². The molecule has 0 fully saturated rings. The lowest BCUT2D eigenvalue weighted by Gasteiger charge is -2.12. The molecular formula is C35H24N2O. The number of aromatic nitrogens is 2. The van der Waals surface area contributed by atoms with E-state index in [9.17, 15) is 0 Å². The summed E-state index contributed by atoms with van der Waals surface area (Å²) >= 11 is 0. The van der Waals surface area contributed by atoms with Crippen LogP contribution in [0.2, 0.25) is 0 Å². The Labute approximate surface area is 221 Å². The molecule has 180 valence electrons. The lowest BCUT2D eigenvalue weighted by atomic mass is 9.95. The summed E-state index contributed by atoms with van der Waals surface area (Å²) in [5, 5.41) is 2.20. The highest BCUT2D eigenvalue weighted by Gasteiger charge is 2.16. The molecule has 2 heterocycles. The first-order chi connectivity index (χ1) is 18.7. The third-order valence-electron chi connectivity index (χ3n) is 6.94. The van der Waals surface area contributed by atoms with E-state index in [-0.39, 0.29) is 0 Å². The Morgan fingerprint density at radius 3 is 1.82 bits per heavy atom. The molecule has 5 aromatic carbocycles. The minimum atomic E-state index is 0.697. The lowest BCUT2D eigenvalue weighted by molar-refractivity contribution is 0.670. The number of furan rings is 1. The van der Waals surface area contributed by atoms with Crippen LogP contribution in [0.3, 0.4) is 0 Å². The lowest BCUT2D eigenvalue weighted by Crippen LogP contribution is -1.96. The van der Waals surface area contributed by atoms with Gasteiger partial charge in [0, 0.05) is 27.6 Å². The van der Waals surface area contributed by atoms with E-state index in [0.29, 0.717) is 5.82 Å². The summed E-state index contributed by atoms with van der Waals surface area (Å²) in [4.78, 5) is 9.97. The molecule has 0 N–H and O–H groups in total. The van der Waals surface area contributed by atoms with Gasteiger partial charge in [-0.15, -0.1) is 0 Å². The molecule has 0 spiro atoms. The van der Waals surface area contributed by atoms with Crippen molar-refractivity contribution in [3.8, 4) is 44.9 Å². The molecule has 0 aliphatic heterocycles. The first kappa shape index (κ1) is 22.2.